The largest absolute Gasteiger partial charge is 0.462 e. The van der Waals surface area contributed by atoms with Gasteiger partial charge in [-0.15, -0.1) is 0 Å². The molecule has 0 fully saturated rings. The van der Waals surface area contributed by atoms with Crippen molar-refractivity contribution >= 4 is 17.9 Å². The first-order valence-electron chi connectivity index (χ1n) is 26.0. The maximum atomic E-state index is 12.8. The molecule has 0 bridgehead atoms. The molecule has 60 heavy (non-hydrogen) atoms. The summed E-state index contributed by atoms with van der Waals surface area (Å²) in [6.07, 6.45) is 56.9. The minimum Gasteiger partial charge on any atom is -0.462 e. The monoisotopic (exact) mass is 843 g/mol. The van der Waals surface area contributed by atoms with Crippen LogP contribution in [-0.4, -0.2) is 37.2 Å². The summed E-state index contributed by atoms with van der Waals surface area (Å²) in [6, 6.07) is 0. The van der Waals surface area contributed by atoms with Crippen LogP contribution in [0.2, 0.25) is 0 Å². The van der Waals surface area contributed by atoms with Crippen molar-refractivity contribution in [3.8, 4) is 0 Å². The van der Waals surface area contributed by atoms with Gasteiger partial charge in [-0.3, -0.25) is 14.4 Å². The highest BCUT2D eigenvalue weighted by atomic mass is 16.6. The van der Waals surface area contributed by atoms with E-state index in [9.17, 15) is 14.4 Å². The van der Waals surface area contributed by atoms with E-state index in [1.54, 1.807) is 0 Å². The van der Waals surface area contributed by atoms with Gasteiger partial charge in [0.1, 0.15) is 13.2 Å². The Bertz CT molecular complexity index is 1020. The molecule has 6 nitrogen and oxygen atoms in total. The van der Waals surface area contributed by atoms with E-state index in [2.05, 4.69) is 57.2 Å². The summed E-state index contributed by atoms with van der Waals surface area (Å²) in [5, 5.41) is 0. The van der Waals surface area contributed by atoms with Crippen LogP contribution in [-0.2, 0) is 28.6 Å². The maximum Gasteiger partial charge on any atom is 0.306 e. The van der Waals surface area contributed by atoms with Crippen molar-refractivity contribution in [2.75, 3.05) is 13.2 Å². The number of unbranched alkanes of at least 4 members (excludes halogenated alkanes) is 30. The van der Waals surface area contributed by atoms with E-state index >= 15 is 0 Å². The summed E-state index contributed by atoms with van der Waals surface area (Å²) in [6.45, 7) is 6.60. The number of ether oxygens (including phenoxy) is 3. The van der Waals surface area contributed by atoms with Crippen molar-refractivity contribution in [3.63, 3.8) is 0 Å². The second kappa shape index (κ2) is 49.3. The lowest BCUT2D eigenvalue weighted by molar-refractivity contribution is -0.167. The van der Waals surface area contributed by atoms with Crippen LogP contribution in [0, 0.1) is 0 Å². The minimum absolute atomic E-state index is 0.0810. The highest BCUT2D eigenvalue weighted by molar-refractivity contribution is 5.71. The second-order valence-electron chi connectivity index (χ2n) is 17.4. The van der Waals surface area contributed by atoms with E-state index in [1.807, 2.05) is 0 Å². The van der Waals surface area contributed by atoms with Gasteiger partial charge in [0.05, 0.1) is 0 Å². The molecular weight excluding hydrogens is 745 g/mol. The Labute approximate surface area is 372 Å². The van der Waals surface area contributed by atoms with Crippen LogP contribution in [0.5, 0.6) is 0 Å². The predicted octanol–water partition coefficient (Wildman–Crippen LogP) is 16.9. The van der Waals surface area contributed by atoms with E-state index in [4.69, 9.17) is 14.2 Å². The summed E-state index contributed by atoms with van der Waals surface area (Å²) < 4.78 is 16.8. The Morgan fingerprint density at radius 2 is 0.550 bits per heavy atom. The molecule has 350 valence electrons. The maximum absolute atomic E-state index is 12.8. The van der Waals surface area contributed by atoms with Gasteiger partial charge in [-0.05, 0) is 96.3 Å². The second-order valence-corrected chi connectivity index (χ2v) is 17.4. The van der Waals surface area contributed by atoms with Gasteiger partial charge in [-0.25, -0.2) is 0 Å². The van der Waals surface area contributed by atoms with E-state index in [0.717, 1.165) is 83.5 Å². The van der Waals surface area contributed by atoms with E-state index in [1.165, 1.54) is 148 Å². The smallest absolute Gasteiger partial charge is 0.306 e. The molecule has 6 heteroatoms. The first-order valence-corrected chi connectivity index (χ1v) is 26.0. The van der Waals surface area contributed by atoms with Crippen molar-refractivity contribution in [1.82, 2.24) is 0 Å². The molecule has 0 saturated heterocycles. The standard InChI is InChI=1S/C54H98O6/c1-4-7-10-13-16-19-22-25-27-30-32-35-38-41-44-47-53(56)59-50-51(49-58-52(55)46-43-40-37-34-31-28-24-21-18-15-12-9-6-3)60-54(57)48-45-42-39-36-33-29-26-23-20-17-14-11-8-5-2/h21,23-27,51H,4-20,22,28-50H2,1-3H3/b24-21-,26-23-,27-25-/t51-/m1/s1. The van der Waals surface area contributed by atoms with Gasteiger partial charge in [-0.2, -0.15) is 0 Å². The molecule has 0 N–H and O–H groups in total. The number of carbonyl (C=O) groups excluding carboxylic acids is 3. The fourth-order valence-electron chi connectivity index (χ4n) is 7.37. The Hall–Kier alpha value is -2.37. The SMILES string of the molecule is CCCCCC/C=C\CCCCCCCC(=O)OC[C@H](COC(=O)CCCCCCC/C=C\CCCCCCCC)OC(=O)CCCCCCC/C=C\CCCCCCC. The van der Waals surface area contributed by atoms with Gasteiger partial charge in [0.25, 0.3) is 0 Å². The highest BCUT2D eigenvalue weighted by Gasteiger charge is 2.19. The fraction of sp³-hybridized carbons (Fsp3) is 0.833. The van der Waals surface area contributed by atoms with Gasteiger partial charge in [0.15, 0.2) is 6.10 Å². The molecule has 0 aliphatic carbocycles. The number of hydrogen-bond acceptors (Lipinski definition) is 6. The Kier molecular flexibility index (Phi) is 47.3. The summed E-state index contributed by atoms with van der Waals surface area (Å²) >= 11 is 0. The Morgan fingerprint density at radius 3 is 0.850 bits per heavy atom. The number of hydrogen-bond donors (Lipinski definition) is 0. The number of rotatable bonds is 47. The van der Waals surface area contributed by atoms with Gasteiger partial charge < -0.3 is 14.2 Å². The zero-order chi connectivity index (χ0) is 43.7. The van der Waals surface area contributed by atoms with Gasteiger partial charge in [0, 0.05) is 19.3 Å². The van der Waals surface area contributed by atoms with Crippen LogP contribution in [0.4, 0.5) is 0 Å². The topological polar surface area (TPSA) is 78.9 Å². The van der Waals surface area contributed by atoms with Crippen LogP contribution in [0.3, 0.4) is 0 Å². The molecule has 0 unspecified atom stereocenters. The molecule has 0 saturated carbocycles. The van der Waals surface area contributed by atoms with Crippen LogP contribution >= 0.6 is 0 Å². The van der Waals surface area contributed by atoms with Gasteiger partial charge in [-0.1, -0.05) is 192 Å². The average Bonchev–Trinajstić information content (AvgIpc) is 3.24. The van der Waals surface area contributed by atoms with Crippen molar-refractivity contribution in [3.05, 3.63) is 36.5 Å². The summed E-state index contributed by atoms with van der Waals surface area (Å²) in [5.41, 5.74) is 0. The third-order valence-electron chi connectivity index (χ3n) is 11.3. The molecule has 0 amide bonds. The molecule has 0 aliphatic heterocycles. The van der Waals surface area contributed by atoms with Gasteiger partial charge in [0.2, 0.25) is 0 Å². The van der Waals surface area contributed by atoms with Gasteiger partial charge >= 0.3 is 17.9 Å². The lowest BCUT2D eigenvalue weighted by atomic mass is 10.1. The summed E-state index contributed by atoms with van der Waals surface area (Å²) in [7, 11) is 0. The third kappa shape index (κ3) is 46.7. The lowest BCUT2D eigenvalue weighted by Crippen LogP contribution is -2.30. The average molecular weight is 843 g/mol. The third-order valence-corrected chi connectivity index (χ3v) is 11.3. The predicted molar refractivity (Wildman–Crippen MR) is 256 cm³/mol. The molecule has 0 radical (unpaired) electrons. The molecule has 0 aliphatic rings. The molecule has 0 aromatic carbocycles. The zero-order valence-corrected chi connectivity index (χ0v) is 40.0. The number of allylic oxidation sites excluding steroid dienone is 6. The molecule has 0 aromatic rings. The lowest BCUT2D eigenvalue weighted by Gasteiger charge is -2.18. The molecule has 0 rings (SSSR count). The molecule has 0 aromatic heterocycles. The van der Waals surface area contributed by atoms with E-state index in [0.29, 0.717) is 19.3 Å². The van der Waals surface area contributed by atoms with Crippen molar-refractivity contribution in [1.29, 1.82) is 0 Å². The van der Waals surface area contributed by atoms with Crippen molar-refractivity contribution in [2.45, 2.75) is 277 Å². The Morgan fingerprint density at radius 1 is 0.317 bits per heavy atom. The van der Waals surface area contributed by atoms with E-state index in [-0.39, 0.29) is 31.1 Å². The zero-order valence-electron chi connectivity index (χ0n) is 40.0. The summed E-state index contributed by atoms with van der Waals surface area (Å²) in [4.78, 5) is 37.9. The van der Waals surface area contributed by atoms with Crippen LogP contribution in [0.1, 0.15) is 271 Å². The normalized spacial score (nSPS) is 12.2. The number of esters is 3. The van der Waals surface area contributed by atoms with Crippen LogP contribution in [0.25, 0.3) is 0 Å². The minimum atomic E-state index is -0.780. The number of carbonyl (C=O) groups is 3. The van der Waals surface area contributed by atoms with Crippen molar-refractivity contribution in [2.24, 2.45) is 0 Å². The van der Waals surface area contributed by atoms with Crippen LogP contribution < -0.4 is 0 Å². The molecule has 1 atom stereocenters. The quantitative estimate of drug-likeness (QED) is 0.0263. The first-order chi connectivity index (χ1) is 29.5. The Balaban J connectivity index is 4.39. The summed E-state index contributed by atoms with van der Waals surface area (Å²) in [5.74, 6) is -0.898. The molecule has 0 heterocycles. The fourth-order valence-corrected chi connectivity index (χ4v) is 7.37. The molecule has 0 spiro atoms. The highest BCUT2D eigenvalue weighted by Crippen LogP contribution is 2.14. The van der Waals surface area contributed by atoms with E-state index < -0.39 is 6.10 Å². The van der Waals surface area contributed by atoms with Crippen molar-refractivity contribution < 1.29 is 28.6 Å². The van der Waals surface area contributed by atoms with Crippen LogP contribution in [0.15, 0.2) is 36.5 Å². The first kappa shape index (κ1) is 57.6. The molecular formula is C54H98O6.